The largest absolute Gasteiger partial charge is 0.326 e. The van der Waals surface area contributed by atoms with Crippen LogP contribution in [-0.4, -0.2) is 19.2 Å². The number of carbonyl (C=O) groups excluding carboxylic acids is 1. The van der Waals surface area contributed by atoms with Crippen LogP contribution in [0.4, 0.5) is 11.4 Å². The van der Waals surface area contributed by atoms with Crippen molar-refractivity contribution in [1.82, 2.24) is 4.72 Å². The van der Waals surface area contributed by atoms with Crippen LogP contribution in [0.15, 0.2) is 47.4 Å². The molecule has 0 aliphatic heterocycles. The van der Waals surface area contributed by atoms with E-state index in [-0.39, 0.29) is 16.8 Å². The molecular weight excluding hydrogens is 406 g/mol. The number of hydrogen-bond donors (Lipinski definition) is 2. The molecule has 1 aliphatic rings. The second-order valence-electron chi connectivity index (χ2n) is 6.60. The molecule has 2 aromatic carbocycles. The van der Waals surface area contributed by atoms with Crippen molar-refractivity contribution in [3.05, 3.63) is 63.2 Å². The Morgan fingerprint density at radius 1 is 1.21 bits per heavy atom. The van der Waals surface area contributed by atoms with E-state index >= 15 is 0 Å². The highest BCUT2D eigenvalue weighted by Crippen LogP contribution is 2.31. The Labute approximate surface area is 167 Å². The minimum Gasteiger partial charge on any atom is -0.326 e. The van der Waals surface area contributed by atoms with Gasteiger partial charge in [0.15, 0.2) is 4.90 Å². The Morgan fingerprint density at radius 3 is 2.43 bits per heavy atom. The van der Waals surface area contributed by atoms with Crippen molar-refractivity contribution in [2.75, 3.05) is 5.32 Å². The number of sulfonamides is 1. The number of amides is 1. The highest BCUT2D eigenvalue weighted by Gasteiger charge is 2.30. The van der Waals surface area contributed by atoms with E-state index < -0.39 is 31.6 Å². The van der Waals surface area contributed by atoms with E-state index in [9.17, 15) is 23.3 Å². The molecule has 0 heterocycles. The zero-order chi connectivity index (χ0) is 20.5. The molecule has 0 radical (unpaired) electrons. The summed E-state index contributed by atoms with van der Waals surface area (Å²) in [4.78, 5) is 21.7. The first-order valence-corrected chi connectivity index (χ1v) is 10.4. The topological polar surface area (TPSA) is 118 Å². The molecule has 0 bridgehead atoms. The van der Waals surface area contributed by atoms with Gasteiger partial charge in [-0.25, -0.2) is 13.1 Å². The number of carbonyl (C=O) groups is 1. The van der Waals surface area contributed by atoms with E-state index in [0.717, 1.165) is 25.0 Å². The summed E-state index contributed by atoms with van der Waals surface area (Å²) < 4.78 is 27.7. The zero-order valence-corrected chi connectivity index (χ0v) is 16.5. The Morgan fingerprint density at radius 2 is 1.86 bits per heavy atom. The smallest absolute Gasteiger partial charge is 0.290 e. The molecule has 0 saturated heterocycles. The Bertz CT molecular complexity index is 1020. The molecule has 1 saturated carbocycles. The third-order valence-electron chi connectivity index (χ3n) is 4.37. The van der Waals surface area contributed by atoms with E-state index in [0.29, 0.717) is 11.3 Å². The van der Waals surface area contributed by atoms with Gasteiger partial charge < -0.3 is 5.32 Å². The molecule has 1 fully saturated rings. The van der Waals surface area contributed by atoms with Crippen LogP contribution in [-0.2, 0) is 14.8 Å². The van der Waals surface area contributed by atoms with Crippen LogP contribution in [0.1, 0.15) is 31.4 Å². The quantitative estimate of drug-likeness (QED) is 0.520. The van der Waals surface area contributed by atoms with Gasteiger partial charge >= 0.3 is 0 Å². The third kappa shape index (κ3) is 4.67. The maximum absolute atomic E-state index is 12.6. The number of nitrogens with one attached hydrogen (secondary N) is 2. The van der Waals surface area contributed by atoms with Gasteiger partial charge in [0.2, 0.25) is 15.9 Å². The molecule has 148 valence electrons. The molecule has 1 atom stereocenters. The fourth-order valence-electron chi connectivity index (χ4n) is 2.67. The van der Waals surface area contributed by atoms with E-state index in [4.69, 9.17) is 11.6 Å². The highest BCUT2D eigenvalue weighted by atomic mass is 35.5. The van der Waals surface area contributed by atoms with Gasteiger partial charge in [0.25, 0.3) is 5.69 Å². The molecule has 0 spiro atoms. The first-order chi connectivity index (χ1) is 13.2. The van der Waals surface area contributed by atoms with Gasteiger partial charge in [0.1, 0.15) is 0 Å². The van der Waals surface area contributed by atoms with Gasteiger partial charge in [-0.15, -0.1) is 0 Å². The number of hydrogen-bond acceptors (Lipinski definition) is 5. The highest BCUT2D eigenvalue weighted by molar-refractivity contribution is 7.89. The molecule has 8 nitrogen and oxygen atoms in total. The Hall–Kier alpha value is -2.49. The number of nitrogens with zero attached hydrogens (tertiary/aromatic N) is 1. The van der Waals surface area contributed by atoms with E-state index in [2.05, 4.69) is 10.0 Å². The molecule has 0 aromatic heterocycles. The van der Waals surface area contributed by atoms with Crippen LogP contribution >= 0.6 is 11.6 Å². The lowest BCUT2D eigenvalue weighted by atomic mass is 10.1. The summed E-state index contributed by atoms with van der Waals surface area (Å²) in [6, 6.07) is 9.48. The molecule has 1 amide bonds. The summed E-state index contributed by atoms with van der Waals surface area (Å²) in [7, 11) is -4.15. The minimum atomic E-state index is -4.15. The number of rotatable bonds is 7. The number of anilines is 1. The van der Waals surface area contributed by atoms with E-state index in [1.54, 1.807) is 31.2 Å². The van der Waals surface area contributed by atoms with Gasteiger partial charge in [-0.3, -0.25) is 14.9 Å². The number of halogens is 1. The van der Waals surface area contributed by atoms with Crippen molar-refractivity contribution in [2.24, 2.45) is 5.92 Å². The molecule has 1 aliphatic carbocycles. The standard InChI is InChI=1S/C18H18ClN3O5S/c1-11(12-4-7-15(8-5-12)20-18(23)13-2-3-13)21-28(26,27)17-9-6-14(19)10-16(17)22(24)25/h4-11,13,21H,2-3H2,1H3,(H,20,23). The summed E-state index contributed by atoms with van der Waals surface area (Å²) in [5.41, 5.74) is 0.680. The van der Waals surface area contributed by atoms with Crippen LogP contribution in [0.5, 0.6) is 0 Å². The maximum atomic E-state index is 12.6. The molecule has 10 heteroatoms. The van der Waals surface area contributed by atoms with Gasteiger partial charge in [0.05, 0.1) is 4.92 Å². The molecule has 28 heavy (non-hydrogen) atoms. The van der Waals surface area contributed by atoms with Gasteiger partial charge in [-0.05, 0) is 49.6 Å². The molecule has 3 rings (SSSR count). The van der Waals surface area contributed by atoms with Crippen LogP contribution in [0.2, 0.25) is 5.02 Å². The minimum absolute atomic E-state index is 0.0171. The Balaban J connectivity index is 1.75. The summed E-state index contributed by atoms with van der Waals surface area (Å²) in [6.07, 6.45) is 1.80. The zero-order valence-electron chi connectivity index (χ0n) is 14.9. The Kier molecular flexibility index (Phi) is 5.69. The van der Waals surface area contributed by atoms with Crippen LogP contribution in [0.3, 0.4) is 0 Å². The second-order valence-corrected chi connectivity index (χ2v) is 8.72. The van der Waals surface area contributed by atoms with Gasteiger partial charge in [-0.2, -0.15) is 0 Å². The molecule has 2 N–H and O–H groups in total. The number of benzene rings is 2. The van der Waals surface area contributed by atoms with Crippen molar-refractivity contribution >= 4 is 38.9 Å². The molecule has 2 aromatic rings. The fourth-order valence-corrected chi connectivity index (χ4v) is 4.22. The summed E-state index contributed by atoms with van der Waals surface area (Å²) in [5, 5.41) is 14.1. The van der Waals surface area contributed by atoms with E-state index in [1.807, 2.05) is 0 Å². The average Bonchev–Trinajstić information content (AvgIpc) is 3.46. The molecular formula is C18H18ClN3O5S. The third-order valence-corrected chi connectivity index (χ3v) is 6.19. The number of nitro benzene ring substituents is 1. The van der Waals surface area contributed by atoms with Crippen molar-refractivity contribution in [3.63, 3.8) is 0 Å². The van der Waals surface area contributed by atoms with Crippen molar-refractivity contribution in [2.45, 2.75) is 30.7 Å². The lowest BCUT2D eigenvalue weighted by Gasteiger charge is -2.15. The predicted octanol–water partition coefficient (Wildman–Crippen LogP) is 3.64. The SMILES string of the molecule is CC(NS(=O)(=O)c1ccc(Cl)cc1[N+](=O)[O-])c1ccc(NC(=O)C2CC2)cc1. The molecule has 1 unspecified atom stereocenters. The number of nitro groups is 1. The van der Waals surface area contributed by atoms with Crippen LogP contribution in [0.25, 0.3) is 0 Å². The average molecular weight is 424 g/mol. The van der Waals surface area contributed by atoms with Crippen molar-refractivity contribution in [1.29, 1.82) is 0 Å². The monoisotopic (exact) mass is 423 g/mol. The summed E-state index contributed by atoms with van der Waals surface area (Å²) in [5.74, 6) is 0.0668. The predicted molar refractivity (Wildman–Crippen MR) is 105 cm³/mol. The normalized spacial score (nSPS) is 15.1. The first kappa shape index (κ1) is 20.2. The lowest BCUT2D eigenvalue weighted by Crippen LogP contribution is -2.27. The second kappa shape index (κ2) is 7.86. The maximum Gasteiger partial charge on any atom is 0.290 e. The van der Waals surface area contributed by atoms with Crippen molar-refractivity contribution < 1.29 is 18.1 Å². The summed E-state index contributed by atoms with van der Waals surface area (Å²) >= 11 is 5.74. The fraction of sp³-hybridized carbons (Fsp3) is 0.278. The van der Waals surface area contributed by atoms with Gasteiger partial charge in [-0.1, -0.05) is 23.7 Å². The van der Waals surface area contributed by atoms with Crippen LogP contribution in [0, 0.1) is 16.0 Å². The van der Waals surface area contributed by atoms with E-state index in [1.165, 1.54) is 6.07 Å². The lowest BCUT2D eigenvalue weighted by molar-refractivity contribution is -0.387. The van der Waals surface area contributed by atoms with Gasteiger partial charge in [0, 0.05) is 28.7 Å². The van der Waals surface area contributed by atoms with Crippen molar-refractivity contribution in [3.8, 4) is 0 Å². The summed E-state index contributed by atoms with van der Waals surface area (Å²) in [6.45, 7) is 1.62. The van der Waals surface area contributed by atoms with Crippen LogP contribution < -0.4 is 10.0 Å². The first-order valence-electron chi connectivity index (χ1n) is 8.54.